The molecule has 0 radical (unpaired) electrons. The fraction of sp³-hybridized carbons (Fsp3) is 0.182. The second-order valence-corrected chi connectivity index (χ2v) is 5.67. The molecule has 0 aliphatic heterocycles. The van der Waals surface area contributed by atoms with Gasteiger partial charge in [-0.3, -0.25) is 0 Å². The molecular weight excluding hydrogens is 238 g/mol. The van der Waals surface area contributed by atoms with Gasteiger partial charge in [-0.1, -0.05) is 0 Å². The number of anilines is 1. The van der Waals surface area contributed by atoms with Crippen molar-refractivity contribution in [1.29, 1.82) is 0 Å². The van der Waals surface area contributed by atoms with Crippen LogP contribution >= 0.6 is 0 Å². The van der Waals surface area contributed by atoms with E-state index in [2.05, 4.69) is 15.3 Å². The standard InChI is InChI=1S/C11H13N3O2S/c1-17(15,16)11-5-4-10(8-14-11)13-7-9-3-2-6-12-9/h2-6,8,12-13H,7H2,1H3. The molecule has 5 nitrogen and oxygen atoms in total. The molecule has 90 valence electrons. The Balaban J connectivity index is 2.04. The van der Waals surface area contributed by atoms with Gasteiger partial charge < -0.3 is 10.3 Å². The summed E-state index contributed by atoms with van der Waals surface area (Å²) in [6.45, 7) is 0.646. The second-order valence-electron chi connectivity index (χ2n) is 3.71. The third-order valence-corrected chi connectivity index (χ3v) is 3.26. The van der Waals surface area contributed by atoms with Crippen molar-refractivity contribution in [3.8, 4) is 0 Å². The maximum Gasteiger partial charge on any atom is 0.192 e. The van der Waals surface area contributed by atoms with Gasteiger partial charge in [0, 0.05) is 18.1 Å². The maximum absolute atomic E-state index is 11.2. The molecule has 0 bridgehead atoms. The third kappa shape index (κ3) is 3.07. The van der Waals surface area contributed by atoms with Crippen molar-refractivity contribution in [1.82, 2.24) is 9.97 Å². The zero-order valence-corrected chi connectivity index (χ0v) is 10.2. The van der Waals surface area contributed by atoms with E-state index in [4.69, 9.17) is 0 Å². The molecule has 2 aromatic heterocycles. The Kier molecular flexibility index (Phi) is 3.14. The van der Waals surface area contributed by atoms with Crippen LogP contribution in [0.25, 0.3) is 0 Å². The van der Waals surface area contributed by atoms with Gasteiger partial charge in [0.25, 0.3) is 0 Å². The molecular formula is C11H13N3O2S. The molecule has 6 heteroatoms. The first-order chi connectivity index (χ1) is 8.05. The summed E-state index contributed by atoms with van der Waals surface area (Å²) < 4.78 is 22.4. The van der Waals surface area contributed by atoms with E-state index < -0.39 is 9.84 Å². The normalized spacial score (nSPS) is 11.4. The van der Waals surface area contributed by atoms with Crippen LogP contribution in [0.4, 0.5) is 5.69 Å². The molecule has 2 aromatic rings. The van der Waals surface area contributed by atoms with Crippen molar-refractivity contribution >= 4 is 15.5 Å². The average Bonchev–Trinajstić information content (AvgIpc) is 2.78. The second kappa shape index (κ2) is 4.58. The van der Waals surface area contributed by atoms with Crippen LogP contribution in [0.5, 0.6) is 0 Å². The summed E-state index contributed by atoms with van der Waals surface area (Å²) in [6, 6.07) is 7.08. The molecule has 0 aromatic carbocycles. The summed E-state index contributed by atoms with van der Waals surface area (Å²) in [4.78, 5) is 6.95. The highest BCUT2D eigenvalue weighted by Gasteiger charge is 2.07. The number of rotatable bonds is 4. The quantitative estimate of drug-likeness (QED) is 0.862. The lowest BCUT2D eigenvalue weighted by atomic mass is 10.4. The number of sulfone groups is 1. The average molecular weight is 251 g/mol. The minimum atomic E-state index is -3.22. The molecule has 0 spiro atoms. The smallest absolute Gasteiger partial charge is 0.192 e. The van der Waals surface area contributed by atoms with Gasteiger partial charge in [-0.15, -0.1) is 0 Å². The molecule has 0 aliphatic carbocycles. The molecule has 17 heavy (non-hydrogen) atoms. The van der Waals surface area contributed by atoms with Gasteiger partial charge in [0.2, 0.25) is 0 Å². The third-order valence-electron chi connectivity index (χ3n) is 2.26. The first-order valence-electron chi connectivity index (χ1n) is 5.08. The molecule has 2 rings (SSSR count). The Morgan fingerprint density at radius 3 is 2.71 bits per heavy atom. The molecule has 0 fully saturated rings. The largest absolute Gasteiger partial charge is 0.378 e. The summed E-state index contributed by atoms with van der Waals surface area (Å²) in [6.07, 6.45) is 4.50. The topological polar surface area (TPSA) is 74.8 Å². The number of pyridine rings is 1. The molecule has 0 aliphatic rings. The van der Waals surface area contributed by atoms with Gasteiger partial charge in [-0.2, -0.15) is 0 Å². The maximum atomic E-state index is 11.2. The van der Waals surface area contributed by atoms with Crippen molar-refractivity contribution in [2.75, 3.05) is 11.6 Å². The Labute approximate surface area is 99.8 Å². The Bertz CT molecular complexity index is 574. The van der Waals surface area contributed by atoms with Crippen LogP contribution in [0.15, 0.2) is 41.7 Å². The van der Waals surface area contributed by atoms with Crippen LogP contribution in [0.2, 0.25) is 0 Å². The number of hydrogen-bond acceptors (Lipinski definition) is 4. The van der Waals surface area contributed by atoms with Crippen LogP contribution in [-0.4, -0.2) is 24.6 Å². The lowest BCUT2D eigenvalue weighted by Crippen LogP contribution is -2.03. The van der Waals surface area contributed by atoms with Gasteiger partial charge in [0.1, 0.15) is 0 Å². The van der Waals surface area contributed by atoms with E-state index in [0.717, 1.165) is 17.6 Å². The van der Waals surface area contributed by atoms with E-state index in [1.807, 2.05) is 18.3 Å². The van der Waals surface area contributed by atoms with Gasteiger partial charge in [0.05, 0.1) is 18.4 Å². The van der Waals surface area contributed by atoms with E-state index in [0.29, 0.717) is 6.54 Å². The summed E-state index contributed by atoms with van der Waals surface area (Å²) in [5.74, 6) is 0. The lowest BCUT2D eigenvalue weighted by molar-refractivity contribution is 0.598. The van der Waals surface area contributed by atoms with E-state index >= 15 is 0 Å². The fourth-order valence-electron chi connectivity index (χ4n) is 1.38. The van der Waals surface area contributed by atoms with Crippen LogP contribution in [0.1, 0.15) is 5.69 Å². The number of H-pyrrole nitrogens is 1. The van der Waals surface area contributed by atoms with E-state index in [1.54, 1.807) is 6.07 Å². The zero-order chi connectivity index (χ0) is 12.3. The molecule has 0 saturated heterocycles. The van der Waals surface area contributed by atoms with Gasteiger partial charge in [-0.25, -0.2) is 13.4 Å². The van der Waals surface area contributed by atoms with Gasteiger partial charge in [-0.05, 0) is 24.3 Å². The lowest BCUT2D eigenvalue weighted by Gasteiger charge is -2.05. The number of aromatic nitrogens is 2. The summed E-state index contributed by atoms with van der Waals surface area (Å²) in [7, 11) is -3.22. The highest BCUT2D eigenvalue weighted by atomic mass is 32.2. The van der Waals surface area contributed by atoms with E-state index in [1.165, 1.54) is 12.3 Å². The van der Waals surface area contributed by atoms with Crippen molar-refractivity contribution in [3.05, 3.63) is 42.4 Å². The van der Waals surface area contributed by atoms with Crippen LogP contribution in [0.3, 0.4) is 0 Å². The van der Waals surface area contributed by atoms with Crippen molar-refractivity contribution in [2.24, 2.45) is 0 Å². The summed E-state index contributed by atoms with van der Waals surface area (Å²) >= 11 is 0. The monoisotopic (exact) mass is 251 g/mol. The van der Waals surface area contributed by atoms with E-state index in [-0.39, 0.29) is 5.03 Å². The van der Waals surface area contributed by atoms with Gasteiger partial charge in [0.15, 0.2) is 14.9 Å². The highest BCUT2D eigenvalue weighted by molar-refractivity contribution is 7.90. The van der Waals surface area contributed by atoms with Crippen LogP contribution in [-0.2, 0) is 16.4 Å². The molecule has 2 heterocycles. The molecule has 2 N–H and O–H groups in total. The molecule has 0 amide bonds. The van der Waals surface area contributed by atoms with Crippen molar-refractivity contribution < 1.29 is 8.42 Å². The number of nitrogens with zero attached hydrogens (tertiary/aromatic N) is 1. The zero-order valence-electron chi connectivity index (χ0n) is 9.34. The first-order valence-corrected chi connectivity index (χ1v) is 6.97. The Morgan fingerprint density at radius 2 is 2.18 bits per heavy atom. The molecule has 0 unspecified atom stereocenters. The summed E-state index contributed by atoms with van der Waals surface area (Å²) in [5, 5.41) is 3.22. The first kappa shape index (κ1) is 11.7. The minimum Gasteiger partial charge on any atom is -0.378 e. The minimum absolute atomic E-state index is 0.0860. The number of aromatic amines is 1. The predicted molar refractivity (Wildman–Crippen MR) is 65.5 cm³/mol. The molecule has 0 atom stereocenters. The Hall–Kier alpha value is -1.82. The van der Waals surface area contributed by atoms with Crippen molar-refractivity contribution in [3.63, 3.8) is 0 Å². The number of nitrogens with one attached hydrogen (secondary N) is 2. The van der Waals surface area contributed by atoms with E-state index in [9.17, 15) is 8.42 Å². The predicted octanol–water partition coefficient (Wildman–Crippen LogP) is 1.43. The fourth-order valence-corrected chi connectivity index (χ4v) is 1.94. The van der Waals surface area contributed by atoms with Crippen LogP contribution in [0, 0.1) is 0 Å². The van der Waals surface area contributed by atoms with Crippen molar-refractivity contribution in [2.45, 2.75) is 11.6 Å². The van der Waals surface area contributed by atoms with Gasteiger partial charge >= 0.3 is 0 Å². The SMILES string of the molecule is CS(=O)(=O)c1ccc(NCc2ccc[nH]2)cn1. The van der Waals surface area contributed by atoms with Crippen LogP contribution < -0.4 is 5.32 Å². The number of hydrogen-bond donors (Lipinski definition) is 2. The highest BCUT2D eigenvalue weighted by Crippen LogP contribution is 2.11. The Morgan fingerprint density at radius 1 is 1.35 bits per heavy atom. The summed E-state index contributed by atoms with van der Waals surface area (Å²) in [5.41, 5.74) is 1.84. The molecule has 0 saturated carbocycles.